The van der Waals surface area contributed by atoms with Crippen molar-refractivity contribution in [3.8, 4) is 5.69 Å². The minimum Gasteiger partial charge on any atom is -0.348 e. The molecule has 1 aromatic carbocycles. The standard InChI is InChI=1S/C15H16FN3O3S/c16-11-1-3-13(4-2-11)19-10-17-9-14(19)15(20)18-12-5-7-23(21,22)8-6-12/h1-4,9-10,12H,5-8H2,(H,18,20). The van der Waals surface area contributed by atoms with Crippen LogP contribution in [0.15, 0.2) is 36.8 Å². The average Bonchev–Trinajstić information content (AvgIpc) is 3.00. The van der Waals surface area contributed by atoms with E-state index in [0.717, 1.165) is 0 Å². The lowest BCUT2D eigenvalue weighted by molar-refractivity contribution is 0.0927. The number of benzene rings is 1. The van der Waals surface area contributed by atoms with Crippen LogP contribution in [0.2, 0.25) is 0 Å². The van der Waals surface area contributed by atoms with Gasteiger partial charge in [-0.25, -0.2) is 17.8 Å². The smallest absolute Gasteiger partial charge is 0.270 e. The van der Waals surface area contributed by atoms with Gasteiger partial charge in [-0.05, 0) is 37.1 Å². The molecule has 0 bridgehead atoms. The van der Waals surface area contributed by atoms with Crippen LogP contribution < -0.4 is 5.32 Å². The summed E-state index contributed by atoms with van der Waals surface area (Å²) < 4.78 is 37.4. The van der Waals surface area contributed by atoms with Crippen molar-refractivity contribution in [3.63, 3.8) is 0 Å². The van der Waals surface area contributed by atoms with Gasteiger partial charge in [0.05, 0.1) is 24.0 Å². The van der Waals surface area contributed by atoms with Crippen LogP contribution in [0.25, 0.3) is 5.69 Å². The Morgan fingerprint density at radius 2 is 1.87 bits per heavy atom. The van der Waals surface area contributed by atoms with E-state index in [4.69, 9.17) is 0 Å². The second-order valence-corrected chi connectivity index (χ2v) is 7.83. The van der Waals surface area contributed by atoms with Crippen LogP contribution in [-0.4, -0.2) is 41.4 Å². The molecule has 1 amide bonds. The van der Waals surface area contributed by atoms with Gasteiger partial charge in [-0.2, -0.15) is 0 Å². The van der Waals surface area contributed by atoms with Crippen LogP contribution >= 0.6 is 0 Å². The molecule has 3 rings (SSSR count). The number of nitrogens with zero attached hydrogens (tertiary/aromatic N) is 2. The van der Waals surface area contributed by atoms with Gasteiger partial charge in [0, 0.05) is 11.7 Å². The lowest BCUT2D eigenvalue weighted by atomic mass is 10.1. The van der Waals surface area contributed by atoms with Crippen molar-refractivity contribution >= 4 is 15.7 Å². The molecular formula is C15H16FN3O3S. The van der Waals surface area contributed by atoms with Gasteiger partial charge in [-0.1, -0.05) is 0 Å². The van der Waals surface area contributed by atoms with E-state index in [1.807, 2.05) is 0 Å². The molecule has 0 radical (unpaired) electrons. The molecule has 6 nitrogen and oxygen atoms in total. The second-order valence-electron chi connectivity index (χ2n) is 5.52. The lowest BCUT2D eigenvalue weighted by Gasteiger charge is -2.23. The van der Waals surface area contributed by atoms with Gasteiger partial charge >= 0.3 is 0 Å². The van der Waals surface area contributed by atoms with E-state index in [0.29, 0.717) is 24.2 Å². The Balaban J connectivity index is 1.74. The molecule has 1 aliphatic rings. The average molecular weight is 337 g/mol. The van der Waals surface area contributed by atoms with Crippen LogP contribution in [0.3, 0.4) is 0 Å². The molecule has 2 aromatic rings. The number of rotatable bonds is 3. The van der Waals surface area contributed by atoms with E-state index >= 15 is 0 Å². The largest absolute Gasteiger partial charge is 0.348 e. The zero-order valence-electron chi connectivity index (χ0n) is 12.3. The highest BCUT2D eigenvalue weighted by Gasteiger charge is 2.25. The van der Waals surface area contributed by atoms with Crippen molar-refractivity contribution in [2.75, 3.05) is 11.5 Å². The fraction of sp³-hybridized carbons (Fsp3) is 0.333. The van der Waals surface area contributed by atoms with Gasteiger partial charge < -0.3 is 5.32 Å². The minimum atomic E-state index is -2.96. The van der Waals surface area contributed by atoms with E-state index in [-0.39, 0.29) is 29.3 Å². The Bertz CT molecular complexity index is 801. The highest BCUT2D eigenvalue weighted by Crippen LogP contribution is 2.15. The second kappa shape index (κ2) is 6.11. The summed E-state index contributed by atoms with van der Waals surface area (Å²) in [6.45, 7) is 0. The first-order chi connectivity index (χ1) is 10.9. The highest BCUT2D eigenvalue weighted by atomic mass is 32.2. The van der Waals surface area contributed by atoms with E-state index in [1.54, 1.807) is 16.7 Å². The predicted octanol–water partition coefficient (Wildman–Crippen LogP) is 1.32. The quantitative estimate of drug-likeness (QED) is 0.916. The number of sulfone groups is 1. The third kappa shape index (κ3) is 3.58. The topological polar surface area (TPSA) is 81.1 Å². The van der Waals surface area contributed by atoms with Gasteiger partial charge in [0.1, 0.15) is 21.3 Å². The molecule has 1 saturated heterocycles. The van der Waals surface area contributed by atoms with Crippen molar-refractivity contribution < 1.29 is 17.6 Å². The molecule has 0 atom stereocenters. The molecule has 1 N–H and O–H groups in total. The van der Waals surface area contributed by atoms with Crippen LogP contribution in [0.5, 0.6) is 0 Å². The van der Waals surface area contributed by atoms with E-state index < -0.39 is 9.84 Å². The summed E-state index contributed by atoms with van der Waals surface area (Å²) in [5.74, 6) is -0.496. The summed E-state index contributed by atoms with van der Waals surface area (Å²) in [6, 6.07) is 5.57. The molecule has 1 fully saturated rings. The zero-order chi connectivity index (χ0) is 16.4. The number of hydrogen-bond donors (Lipinski definition) is 1. The fourth-order valence-electron chi connectivity index (χ4n) is 2.56. The number of nitrogens with one attached hydrogen (secondary N) is 1. The van der Waals surface area contributed by atoms with Gasteiger partial charge in [-0.3, -0.25) is 9.36 Å². The monoisotopic (exact) mass is 337 g/mol. The molecule has 1 aliphatic heterocycles. The molecule has 23 heavy (non-hydrogen) atoms. The van der Waals surface area contributed by atoms with Crippen LogP contribution in [0.1, 0.15) is 23.3 Å². The maximum absolute atomic E-state index is 13.0. The summed E-state index contributed by atoms with van der Waals surface area (Å²) in [6.07, 6.45) is 3.74. The Morgan fingerprint density at radius 3 is 2.52 bits per heavy atom. The summed E-state index contributed by atoms with van der Waals surface area (Å²) in [4.78, 5) is 16.4. The minimum absolute atomic E-state index is 0.0924. The number of imidazole rings is 1. The van der Waals surface area contributed by atoms with Gasteiger partial charge in [0.2, 0.25) is 0 Å². The highest BCUT2D eigenvalue weighted by molar-refractivity contribution is 7.91. The molecule has 2 heterocycles. The van der Waals surface area contributed by atoms with Crippen molar-refractivity contribution in [1.29, 1.82) is 0 Å². The van der Waals surface area contributed by atoms with Gasteiger partial charge in [0.15, 0.2) is 0 Å². The lowest BCUT2D eigenvalue weighted by Crippen LogP contribution is -2.41. The fourth-order valence-corrected chi connectivity index (χ4v) is 4.06. The number of halogens is 1. The Morgan fingerprint density at radius 1 is 1.22 bits per heavy atom. The molecule has 0 aliphatic carbocycles. The molecule has 0 spiro atoms. The Labute approximate surface area is 133 Å². The molecule has 8 heteroatoms. The summed E-state index contributed by atoms with van der Waals surface area (Å²) in [5, 5.41) is 2.84. The van der Waals surface area contributed by atoms with E-state index in [1.165, 1.54) is 24.7 Å². The maximum atomic E-state index is 13.0. The summed E-state index contributed by atoms with van der Waals surface area (Å²) in [7, 11) is -2.96. The Kier molecular flexibility index (Phi) is 4.16. The van der Waals surface area contributed by atoms with Crippen molar-refractivity contribution in [2.45, 2.75) is 18.9 Å². The number of carbonyl (C=O) groups excluding carboxylic acids is 1. The predicted molar refractivity (Wildman–Crippen MR) is 82.7 cm³/mol. The maximum Gasteiger partial charge on any atom is 0.270 e. The van der Waals surface area contributed by atoms with Crippen LogP contribution in [0.4, 0.5) is 4.39 Å². The number of carbonyl (C=O) groups is 1. The van der Waals surface area contributed by atoms with Crippen molar-refractivity contribution in [1.82, 2.24) is 14.9 Å². The number of aromatic nitrogens is 2. The van der Waals surface area contributed by atoms with Gasteiger partial charge in [-0.15, -0.1) is 0 Å². The molecule has 0 saturated carbocycles. The SMILES string of the molecule is O=C(NC1CCS(=O)(=O)CC1)c1cncn1-c1ccc(F)cc1. The molecule has 122 valence electrons. The number of hydrogen-bond acceptors (Lipinski definition) is 4. The molecular weight excluding hydrogens is 321 g/mol. The van der Waals surface area contributed by atoms with Crippen molar-refractivity contribution in [2.24, 2.45) is 0 Å². The summed E-state index contributed by atoms with van der Waals surface area (Å²) in [5.41, 5.74) is 0.949. The molecule has 1 aromatic heterocycles. The third-order valence-electron chi connectivity index (χ3n) is 3.87. The van der Waals surface area contributed by atoms with Crippen LogP contribution in [0, 0.1) is 5.82 Å². The third-order valence-corrected chi connectivity index (χ3v) is 5.58. The normalized spacial score (nSPS) is 17.8. The first-order valence-electron chi connectivity index (χ1n) is 7.24. The zero-order valence-corrected chi connectivity index (χ0v) is 13.1. The first kappa shape index (κ1) is 15.7. The van der Waals surface area contributed by atoms with Gasteiger partial charge in [0.25, 0.3) is 5.91 Å². The Hall–Kier alpha value is -2.22. The van der Waals surface area contributed by atoms with Crippen molar-refractivity contribution in [3.05, 3.63) is 48.3 Å². The van der Waals surface area contributed by atoms with E-state index in [2.05, 4.69) is 10.3 Å². The van der Waals surface area contributed by atoms with Crippen LogP contribution in [-0.2, 0) is 9.84 Å². The van der Waals surface area contributed by atoms with E-state index in [9.17, 15) is 17.6 Å². The molecule has 0 unspecified atom stereocenters. The summed E-state index contributed by atoms with van der Waals surface area (Å²) >= 11 is 0. The number of amides is 1. The first-order valence-corrected chi connectivity index (χ1v) is 9.06.